The van der Waals surface area contributed by atoms with E-state index in [4.69, 9.17) is 0 Å². The summed E-state index contributed by atoms with van der Waals surface area (Å²) in [5.74, 6) is -0.207. The number of rotatable bonds is 3. The minimum atomic E-state index is -0.257. The minimum Gasteiger partial charge on any atom is -0.340 e. The Morgan fingerprint density at radius 3 is 2.84 bits per heavy atom. The number of carbonyl (C=O) groups is 1. The lowest BCUT2D eigenvalue weighted by Gasteiger charge is -2.31. The van der Waals surface area contributed by atoms with Crippen LogP contribution < -0.4 is 5.32 Å². The topological polar surface area (TPSA) is 32.3 Å². The van der Waals surface area contributed by atoms with Crippen molar-refractivity contribution in [2.45, 2.75) is 44.8 Å². The van der Waals surface area contributed by atoms with E-state index in [1.54, 1.807) is 30.1 Å². The maximum absolute atomic E-state index is 13.6. The van der Waals surface area contributed by atoms with Gasteiger partial charge in [0.05, 0.1) is 6.04 Å². The fourth-order valence-electron chi connectivity index (χ4n) is 2.56. The van der Waals surface area contributed by atoms with Crippen molar-refractivity contribution < 1.29 is 9.18 Å². The number of nitrogens with zero attached hydrogens (tertiary/aromatic N) is 1. The highest BCUT2D eigenvalue weighted by atomic mass is 19.1. The van der Waals surface area contributed by atoms with Gasteiger partial charge < -0.3 is 10.2 Å². The van der Waals surface area contributed by atoms with Crippen molar-refractivity contribution in [1.29, 1.82) is 0 Å². The van der Waals surface area contributed by atoms with Gasteiger partial charge >= 0.3 is 0 Å². The summed E-state index contributed by atoms with van der Waals surface area (Å²) in [6.45, 7) is 2.41. The molecule has 1 aromatic rings. The second-order valence-electron chi connectivity index (χ2n) is 5.34. The SMILES string of the molecule is CC1CCCC(C(=O)N(C)Cc2ccccc2F)N1. The van der Waals surface area contributed by atoms with Gasteiger partial charge in [-0.15, -0.1) is 0 Å². The van der Waals surface area contributed by atoms with Gasteiger partial charge in [0.1, 0.15) is 5.82 Å². The van der Waals surface area contributed by atoms with Gasteiger partial charge in [-0.1, -0.05) is 18.2 Å². The quantitative estimate of drug-likeness (QED) is 0.908. The summed E-state index contributed by atoms with van der Waals surface area (Å²) in [5, 5.41) is 3.31. The molecular weight excluding hydrogens is 243 g/mol. The van der Waals surface area contributed by atoms with Crippen LogP contribution in [0, 0.1) is 5.82 Å². The molecule has 1 amide bonds. The Labute approximate surface area is 113 Å². The van der Waals surface area contributed by atoms with Crippen molar-refractivity contribution in [2.75, 3.05) is 7.05 Å². The second kappa shape index (κ2) is 6.15. The van der Waals surface area contributed by atoms with Crippen LogP contribution in [0.5, 0.6) is 0 Å². The Morgan fingerprint density at radius 2 is 2.16 bits per heavy atom. The molecule has 0 bridgehead atoms. The predicted octanol–water partition coefficient (Wildman–Crippen LogP) is 2.31. The molecule has 0 radical (unpaired) electrons. The molecule has 2 rings (SSSR count). The molecule has 1 fully saturated rings. The van der Waals surface area contributed by atoms with Crippen LogP contribution >= 0.6 is 0 Å². The lowest BCUT2D eigenvalue weighted by Crippen LogP contribution is -2.50. The molecule has 4 heteroatoms. The fourth-order valence-corrected chi connectivity index (χ4v) is 2.56. The summed E-state index contributed by atoms with van der Waals surface area (Å²) in [7, 11) is 1.73. The highest BCUT2D eigenvalue weighted by molar-refractivity contribution is 5.81. The molecule has 1 aliphatic rings. The molecule has 1 aromatic carbocycles. The molecule has 1 heterocycles. The highest BCUT2D eigenvalue weighted by Crippen LogP contribution is 2.15. The standard InChI is InChI=1S/C15H21FN2O/c1-11-6-5-9-14(17-11)15(19)18(2)10-12-7-3-4-8-13(12)16/h3-4,7-8,11,14,17H,5-6,9-10H2,1-2H3. The van der Waals surface area contributed by atoms with Crippen molar-refractivity contribution in [3.63, 3.8) is 0 Å². The first kappa shape index (κ1) is 14.0. The third-order valence-corrected chi connectivity index (χ3v) is 3.66. The smallest absolute Gasteiger partial charge is 0.239 e. The molecule has 1 aliphatic heterocycles. The molecule has 0 saturated carbocycles. The Kier molecular flexibility index (Phi) is 4.53. The second-order valence-corrected chi connectivity index (χ2v) is 5.34. The lowest BCUT2D eigenvalue weighted by molar-refractivity contribution is -0.133. The maximum Gasteiger partial charge on any atom is 0.239 e. The number of piperidine rings is 1. The number of nitrogens with one attached hydrogen (secondary N) is 1. The zero-order valence-corrected chi connectivity index (χ0v) is 11.5. The Balaban J connectivity index is 1.97. The summed E-state index contributed by atoms with van der Waals surface area (Å²) < 4.78 is 13.6. The van der Waals surface area contributed by atoms with Crippen LogP contribution in [0.4, 0.5) is 4.39 Å². The van der Waals surface area contributed by atoms with Gasteiger partial charge in [0.25, 0.3) is 0 Å². The zero-order valence-electron chi connectivity index (χ0n) is 11.5. The number of halogens is 1. The largest absolute Gasteiger partial charge is 0.340 e. The van der Waals surface area contributed by atoms with E-state index in [1.165, 1.54) is 6.07 Å². The number of hydrogen-bond donors (Lipinski definition) is 1. The van der Waals surface area contributed by atoms with Gasteiger partial charge in [-0.3, -0.25) is 4.79 Å². The molecular formula is C15H21FN2O. The Bertz CT molecular complexity index is 450. The first-order chi connectivity index (χ1) is 9.08. The van der Waals surface area contributed by atoms with Crippen molar-refractivity contribution in [1.82, 2.24) is 10.2 Å². The normalized spacial score (nSPS) is 23.1. The Hall–Kier alpha value is -1.42. The summed E-state index contributed by atoms with van der Waals surface area (Å²) in [5.41, 5.74) is 0.558. The Morgan fingerprint density at radius 1 is 1.42 bits per heavy atom. The molecule has 19 heavy (non-hydrogen) atoms. The molecule has 0 aromatic heterocycles. The number of hydrogen-bond acceptors (Lipinski definition) is 2. The van der Waals surface area contributed by atoms with E-state index in [9.17, 15) is 9.18 Å². The van der Waals surface area contributed by atoms with Gasteiger partial charge in [-0.05, 0) is 32.3 Å². The summed E-state index contributed by atoms with van der Waals surface area (Å²) >= 11 is 0. The molecule has 0 spiro atoms. The van der Waals surface area contributed by atoms with Crippen LogP contribution in [0.1, 0.15) is 31.7 Å². The van der Waals surface area contributed by atoms with Crippen LogP contribution in [0.25, 0.3) is 0 Å². The first-order valence-corrected chi connectivity index (χ1v) is 6.82. The third kappa shape index (κ3) is 3.53. The average molecular weight is 264 g/mol. The van der Waals surface area contributed by atoms with Gasteiger partial charge in [-0.2, -0.15) is 0 Å². The molecule has 2 atom stereocenters. The predicted molar refractivity (Wildman–Crippen MR) is 73.1 cm³/mol. The van der Waals surface area contributed by atoms with Gasteiger partial charge in [0.2, 0.25) is 5.91 Å². The van der Waals surface area contributed by atoms with Crippen LogP contribution in [0.2, 0.25) is 0 Å². The van der Waals surface area contributed by atoms with Crippen molar-refractivity contribution >= 4 is 5.91 Å². The van der Waals surface area contributed by atoms with Gasteiger partial charge in [-0.25, -0.2) is 4.39 Å². The van der Waals surface area contributed by atoms with Crippen LogP contribution in [0.3, 0.4) is 0 Å². The third-order valence-electron chi connectivity index (χ3n) is 3.66. The summed E-state index contributed by atoms with van der Waals surface area (Å²) in [6.07, 6.45) is 3.05. The van der Waals surface area contributed by atoms with Crippen molar-refractivity contribution in [3.05, 3.63) is 35.6 Å². The van der Waals surface area contributed by atoms with E-state index in [1.807, 2.05) is 0 Å². The molecule has 1 N–H and O–H groups in total. The van der Waals surface area contributed by atoms with Crippen LogP contribution in [-0.2, 0) is 11.3 Å². The highest BCUT2D eigenvalue weighted by Gasteiger charge is 2.26. The average Bonchev–Trinajstić information content (AvgIpc) is 2.40. The van der Waals surface area contributed by atoms with E-state index in [0.717, 1.165) is 19.3 Å². The van der Waals surface area contributed by atoms with Gasteiger partial charge in [0.15, 0.2) is 0 Å². The summed E-state index contributed by atoms with van der Waals surface area (Å²) in [4.78, 5) is 13.9. The zero-order chi connectivity index (χ0) is 13.8. The summed E-state index contributed by atoms with van der Waals surface area (Å²) in [6, 6.07) is 6.85. The van der Waals surface area contributed by atoms with Crippen LogP contribution in [-0.4, -0.2) is 29.9 Å². The fraction of sp³-hybridized carbons (Fsp3) is 0.533. The van der Waals surface area contributed by atoms with Crippen molar-refractivity contribution in [2.24, 2.45) is 0 Å². The van der Waals surface area contributed by atoms with Crippen molar-refractivity contribution in [3.8, 4) is 0 Å². The molecule has 104 valence electrons. The molecule has 0 aliphatic carbocycles. The van der Waals surface area contributed by atoms with E-state index < -0.39 is 0 Å². The number of amides is 1. The molecule has 1 saturated heterocycles. The van der Waals surface area contributed by atoms with E-state index >= 15 is 0 Å². The lowest BCUT2D eigenvalue weighted by atomic mass is 9.98. The molecule has 2 unspecified atom stereocenters. The first-order valence-electron chi connectivity index (χ1n) is 6.82. The van der Waals surface area contributed by atoms with Crippen LogP contribution in [0.15, 0.2) is 24.3 Å². The minimum absolute atomic E-state index is 0.0507. The van der Waals surface area contributed by atoms with E-state index in [2.05, 4.69) is 12.2 Å². The van der Waals surface area contributed by atoms with E-state index in [-0.39, 0.29) is 17.8 Å². The van der Waals surface area contributed by atoms with E-state index in [0.29, 0.717) is 18.2 Å². The number of likely N-dealkylation sites (N-methyl/N-ethyl adjacent to an activating group) is 1. The number of benzene rings is 1. The molecule has 3 nitrogen and oxygen atoms in total. The maximum atomic E-state index is 13.6. The van der Waals surface area contributed by atoms with Gasteiger partial charge in [0, 0.05) is 25.2 Å². The number of carbonyl (C=O) groups excluding carboxylic acids is 1. The monoisotopic (exact) mass is 264 g/mol.